The Balaban J connectivity index is 2.96. The molecule has 3 unspecified atom stereocenters. The minimum absolute atomic E-state index is 0.134. The maximum Gasteiger partial charge on any atom is 0.162 e. The molecule has 2 N–H and O–H groups in total. The van der Waals surface area contributed by atoms with E-state index >= 15 is 0 Å². The zero-order valence-electron chi connectivity index (χ0n) is 9.03. The molecule has 0 amide bonds. The molecule has 1 aliphatic heterocycles. The van der Waals surface area contributed by atoms with Gasteiger partial charge in [0.15, 0.2) is 6.29 Å². The van der Waals surface area contributed by atoms with Crippen molar-refractivity contribution in [1.82, 2.24) is 0 Å². The van der Waals surface area contributed by atoms with E-state index in [0.717, 1.165) is 0 Å². The first kappa shape index (κ1) is 11.0. The SMILES string of the molecule is CC1OC(O)C(C)(C)C(O)C1(C)C. The molecular weight excluding hydrogens is 168 g/mol. The summed E-state index contributed by atoms with van der Waals surface area (Å²) in [6.45, 7) is 9.42. The number of rotatable bonds is 0. The highest BCUT2D eigenvalue weighted by Crippen LogP contribution is 2.45. The average molecular weight is 188 g/mol. The van der Waals surface area contributed by atoms with Gasteiger partial charge >= 0.3 is 0 Å². The molecule has 0 saturated carbocycles. The fraction of sp³-hybridized carbons (Fsp3) is 1.00. The lowest BCUT2D eigenvalue weighted by molar-refractivity contribution is -0.297. The van der Waals surface area contributed by atoms with E-state index < -0.39 is 17.8 Å². The van der Waals surface area contributed by atoms with Crippen molar-refractivity contribution in [3.05, 3.63) is 0 Å². The van der Waals surface area contributed by atoms with E-state index in [-0.39, 0.29) is 11.5 Å². The van der Waals surface area contributed by atoms with Gasteiger partial charge < -0.3 is 14.9 Å². The maximum absolute atomic E-state index is 10.1. The highest BCUT2D eigenvalue weighted by molar-refractivity contribution is 4.97. The average Bonchev–Trinajstić information content (AvgIpc) is 2.00. The number of aliphatic hydroxyl groups excluding tert-OH is 2. The summed E-state index contributed by atoms with van der Waals surface area (Å²) in [6, 6.07) is 0. The zero-order valence-corrected chi connectivity index (χ0v) is 9.03. The van der Waals surface area contributed by atoms with Gasteiger partial charge in [0, 0.05) is 10.8 Å². The van der Waals surface area contributed by atoms with Gasteiger partial charge in [-0.2, -0.15) is 0 Å². The Morgan fingerprint density at radius 3 is 1.92 bits per heavy atom. The van der Waals surface area contributed by atoms with Crippen molar-refractivity contribution in [3.8, 4) is 0 Å². The van der Waals surface area contributed by atoms with Crippen LogP contribution in [0, 0.1) is 10.8 Å². The van der Waals surface area contributed by atoms with Gasteiger partial charge in [-0.3, -0.25) is 0 Å². The Kier molecular flexibility index (Phi) is 2.48. The summed E-state index contributed by atoms with van der Waals surface area (Å²) in [6.07, 6.45) is -1.57. The molecule has 78 valence electrons. The summed E-state index contributed by atoms with van der Waals surface area (Å²) in [5.41, 5.74) is -0.918. The minimum atomic E-state index is -0.884. The highest BCUT2D eigenvalue weighted by atomic mass is 16.6. The van der Waals surface area contributed by atoms with Gasteiger partial charge in [0.1, 0.15) is 0 Å². The van der Waals surface area contributed by atoms with Crippen LogP contribution in [0.15, 0.2) is 0 Å². The smallest absolute Gasteiger partial charge is 0.162 e. The first-order valence-electron chi connectivity index (χ1n) is 4.72. The lowest BCUT2D eigenvalue weighted by Gasteiger charge is -2.51. The fourth-order valence-electron chi connectivity index (χ4n) is 1.86. The van der Waals surface area contributed by atoms with Crippen LogP contribution in [-0.2, 0) is 4.74 Å². The molecule has 0 aliphatic carbocycles. The van der Waals surface area contributed by atoms with Crippen molar-refractivity contribution < 1.29 is 14.9 Å². The van der Waals surface area contributed by atoms with Crippen LogP contribution in [0.2, 0.25) is 0 Å². The Hall–Kier alpha value is -0.120. The molecule has 3 atom stereocenters. The maximum atomic E-state index is 10.1. The molecule has 1 saturated heterocycles. The molecule has 3 heteroatoms. The molecule has 0 bridgehead atoms. The first-order valence-corrected chi connectivity index (χ1v) is 4.72. The van der Waals surface area contributed by atoms with Crippen LogP contribution in [0.25, 0.3) is 0 Å². The Labute approximate surface area is 79.7 Å². The fourth-order valence-corrected chi connectivity index (χ4v) is 1.86. The molecule has 1 heterocycles. The quantitative estimate of drug-likeness (QED) is 0.599. The van der Waals surface area contributed by atoms with Crippen LogP contribution in [-0.4, -0.2) is 28.7 Å². The minimum Gasteiger partial charge on any atom is -0.392 e. The molecule has 0 aromatic heterocycles. The second-order valence-corrected chi connectivity index (χ2v) is 5.18. The molecule has 1 aliphatic rings. The highest BCUT2D eigenvalue weighted by Gasteiger charge is 2.52. The van der Waals surface area contributed by atoms with Crippen molar-refractivity contribution in [3.63, 3.8) is 0 Å². The van der Waals surface area contributed by atoms with Gasteiger partial charge in [-0.1, -0.05) is 27.7 Å². The van der Waals surface area contributed by atoms with Crippen LogP contribution >= 0.6 is 0 Å². The van der Waals surface area contributed by atoms with E-state index in [9.17, 15) is 10.2 Å². The summed E-state index contributed by atoms with van der Waals surface area (Å²) in [4.78, 5) is 0. The van der Waals surface area contributed by atoms with Gasteiger partial charge in [0.05, 0.1) is 12.2 Å². The molecule has 3 nitrogen and oxygen atoms in total. The molecule has 0 aromatic rings. The van der Waals surface area contributed by atoms with Crippen LogP contribution in [0.3, 0.4) is 0 Å². The monoisotopic (exact) mass is 188 g/mol. The molecular formula is C10H20O3. The predicted molar refractivity (Wildman–Crippen MR) is 50.1 cm³/mol. The molecule has 1 fully saturated rings. The van der Waals surface area contributed by atoms with Crippen molar-refractivity contribution in [2.45, 2.75) is 53.1 Å². The third-order valence-corrected chi connectivity index (χ3v) is 3.43. The lowest BCUT2D eigenvalue weighted by atomic mass is 9.67. The summed E-state index contributed by atoms with van der Waals surface area (Å²) in [5, 5.41) is 19.7. The summed E-state index contributed by atoms with van der Waals surface area (Å²) in [5.74, 6) is 0. The van der Waals surface area contributed by atoms with Gasteiger partial charge in [-0.05, 0) is 6.92 Å². The predicted octanol–water partition coefficient (Wildman–Crippen LogP) is 1.14. The number of hydrogen-bond donors (Lipinski definition) is 2. The molecule has 0 radical (unpaired) electrons. The number of ether oxygens (including phenoxy) is 1. The van der Waals surface area contributed by atoms with Crippen LogP contribution in [0.1, 0.15) is 34.6 Å². The standard InChI is InChI=1S/C10H20O3/c1-6-9(2,3)7(11)10(4,5)8(12)13-6/h6-8,11-12H,1-5H3. The van der Waals surface area contributed by atoms with Crippen LogP contribution < -0.4 is 0 Å². The number of hydrogen-bond acceptors (Lipinski definition) is 3. The second-order valence-electron chi connectivity index (χ2n) is 5.18. The lowest BCUT2D eigenvalue weighted by Crippen LogP contribution is -2.59. The molecule has 1 rings (SSSR count). The molecule has 0 aromatic carbocycles. The third kappa shape index (κ3) is 1.49. The van der Waals surface area contributed by atoms with E-state index in [4.69, 9.17) is 4.74 Å². The second kappa shape index (κ2) is 2.94. The first-order chi connectivity index (χ1) is 5.70. The zero-order chi connectivity index (χ0) is 10.4. The Bertz CT molecular complexity index is 178. The Morgan fingerprint density at radius 1 is 1.00 bits per heavy atom. The largest absolute Gasteiger partial charge is 0.392 e. The van der Waals surface area contributed by atoms with E-state index in [1.165, 1.54) is 0 Å². The van der Waals surface area contributed by atoms with Crippen molar-refractivity contribution in [2.24, 2.45) is 10.8 Å². The van der Waals surface area contributed by atoms with Crippen LogP contribution in [0.5, 0.6) is 0 Å². The third-order valence-electron chi connectivity index (χ3n) is 3.43. The van der Waals surface area contributed by atoms with Crippen LogP contribution in [0.4, 0.5) is 0 Å². The topological polar surface area (TPSA) is 49.7 Å². The molecule has 13 heavy (non-hydrogen) atoms. The van der Waals surface area contributed by atoms with E-state index in [2.05, 4.69) is 0 Å². The van der Waals surface area contributed by atoms with Gasteiger partial charge in [0.25, 0.3) is 0 Å². The molecule has 0 spiro atoms. The van der Waals surface area contributed by atoms with Crippen molar-refractivity contribution in [2.75, 3.05) is 0 Å². The Morgan fingerprint density at radius 2 is 1.46 bits per heavy atom. The van der Waals surface area contributed by atoms with Crippen molar-refractivity contribution in [1.29, 1.82) is 0 Å². The van der Waals surface area contributed by atoms with Crippen molar-refractivity contribution >= 4 is 0 Å². The summed E-state index contributed by atoms with van der Waals surface area (Å²) >= 11 is 0. The number of aliphatic hydroxyl groups is 2. The normalized spacial score (nSPS) is 43.2. The van der Waals surface area contributed by atoms with Gasteiger partial charge in [0.2, 0.25) is 0 Å². The summed E-state index contributed by atoms with van der Waals surface area (Å²) < 4.78 is 5.38. The van der Waals surface area contributed by atoms with E-state index in [1.807, 2.05) is 34.6 Å². The van der Waals surface area contributed by atoms with E-state index in [1.54, 1.807) is 0 Å². The van der Waals surface area contributed by atoms with E-state index in [0.29, 0.717) is 0 Å². The van der Waals surface area contributed by atoms with Gasteiger partial charge in [-0.25, -0.2) is 0 Å². The van der Waals surface area contributed by atoms with Gasteiger partial charge in [-0.15, -0.1) is 0 Å². The summed E-state index contributed by atoms with van der Waals surface area (Å²) in [7, 11) is 0.